The van der Waals surface area contributed by atoms with Crippen LogP contribution in [0.1, 0.15) is 21.5 Å². The maximum Gasteiger partial charge on any atom is 0.256 e. The summed E-state index contributed by atoms with van der Waals surface area (Å²) >= 11 is 0. The number of ether oxygens (including phenoxy) is 1. The van der Waals surface area contributed by atoms with Crippen molar-refractivity contribution in [3.05, 3.63) is 109 Å². The highest BCUT2D eigenvalue weighted by Crippen LogP contribution is 2.28. The number of nitrogens with one attached hydrogen (secondary N) is 2. The third-order valence-corrected chi connectivity index (χ3v) is 5.02. The summed E-state index contributed by atoms with van der Waals surface area (Å²) < 4.78 is 6.00. The zero-order chi connectivity index (χ0) is 22.3. The molecular formula is C26H23N3O3. The number of para-hydroxylation sites is 1. The number of carbonyl (C=O) groups excluding carboxylic acids is 1. The molecule has 1 amide bonds. The normalized spacial score (nSPS) is 10.5. The Kier molecular flexibility index (Phi) is 6.32. The Balaban J connectivity index is 1.35. The van der Waals surface area contributed by atoms with Crippen LogP contribution >= 0.6 is 0 Å². The molecule has 0 bridgehead atoms. The minimum Gasteiger partial charge on any atom is -0.508 e. The molecule has 3 aromatic carbocycles. The minimum absolute atomic E-state index is 0.139. The fourth-order valence-corrected chi connectivity index (χ4v) is 3.38. The molecule has 3 N–H and O–H groups in total. The Morgan fingerprint density at radius 2 is 1.72 bits per heavy atom. The number of aromatic amines is 1. The standard InChI is InChI=1S/C26H23N3O3/c1-18(30)21-6-2-3-7-22(21)26(31)29-20-12-10-19(11-13-20)14-15-32-25-9-5-4-8-23(25)24-16-27-17-28-24/h2-13,16-17,30H,1,14-15H2,(H,27,28)(H,29,31). The van der Waals surface area contributed by atoms with Crippen molar-refractivity contribution in [2.75, 3.05) is 11.9 Å². The number of imidazole rings is 1. The number of nitrogens with zero attached hydrogens (tertiary/aromatic N) is 1. The van der Waals surface area contributed by atoms with Crippen molar-refractivity contribution in [1.82, 2.24) is 9.97 Å². The topological polar surface area (TPSA) is 87.2 Å². The van der Waals surface area contributed by atoms with Crippen molar-refractivity contribution in [3.8, 4) is 17.0 Å². The van der Waals surface area contributed by atoms with Crippen molar-refractivity contribution in [3.63, 3.8) is 0 Å². The molecule has 32 heavy (non-hydrogen) atoms. The lowest BCUT2D eigenvalue weighted by Gasteiger charge is -2.11. The number of aromatic nitrogens is 2. The van der Waals surface area contributed by atoms with Crippen LogP contribution in [0.4, 0.5) is 5.69 Å². The third-order valence-electron chi connectivity index (χ3n) is 5.02. The first-order valence-electron chi connectivity index (χ1n) is 10.2. The molecule has 0 fully saturated rings. The van der Waals surface area contributed by atoms with Crippen LogP contribution < -0.4 is 10.1 Å². The Hall–Kier alpha value is -4.32. The first-order chi connectivity index (χ1) is 15.6. The molecule has 1 heterocycles. The van der Waals surface area contributed by atoms with E-state index in [0.717, 1.165) is 29.0 Å². The second-order valence-corrected chi connectivity index (χ2v) is 7.20. The fraction of sp³-hybridized carbons (Fsp3) is 0.0769. The van der Waals surface area contributed by atoms with Gasteiger partial charge in [0.05, 0.1) is 30.4 Å². The number of rotatable bonds is 8. The van der Waals surface area contributed by atoms with Gasteiger partial charge < -0.3 is 20.1 Å². The Morgan fingerprint density at radius 3 is 2.44 bits per heavy atom. The first-order valence-corrected chi connectivity index (χ1v) is 10.2. The summed E-state index contributed by atoms with van der Waals surface area (Å²) in [7, 11) is 0. The summed E-state index contributed by atoms with van der Waals surface area (Å²) in [6, 6.07) is 22.2. The number of anilines is 1. The number of carbonyl (C=O) groups is 1. The zero-order valence-corrected chi connectivity index (χ0v) is 17.4. The predicted octanol–water partition coefficient (Wildman–Crippen LogP) is 5.48. The second kappa shape index (κ2) is 9.66. The Morgan fingerprint density at radius 1 is 1.00 bits per heavy atom. The third kappa shape index (κ3) is 4.87. The summed E-state index contributed by atoms with van der Waals surface area (Å²) in [5.41, 5.74) is 4.41. The highest BCUT2D eigenvalue weighted by atomic mass is 16.5. The van der Waals surface area contributed by atoms with Crippen molar-refractivity contribution >= 4 is 17.4 Å². The van der Waals surface area contributed by atoms with E-state index in [9.17, 15) is 9.90 Å². The van der Waals surface area contributed by atoms with Gasteiger partial charge in [-0.1, -0.05) is 49.0 Å². The van der Waals surface area contributed by atoms with Crippen LogP contribution in [0.5, 0.6) is 5.75 Å². The van der Waals surface area contributed by atoms with Gasteiger partial charge in [0.25, 0.3) is 5.91 Å². The van der Waals surface area contributed by atoms with Crippen molar-refractivity contribution in [1.29, 1.82) is 0 Å². The van der Waals surface area contributed by atoms with Crippen LogP contribution in [0.3, 0.4) is 0 Å². The summed E-state index contributed by atoms with van der Waals surface area (Å²) in [6.45, 7) is 4.03. The molecule has 0 aliphatic heterocycles. The molecule has 6 nitrogen and oxygen atoms in total. The number of amides is 1. The van der Waals surface area contributed by atoms with E-state index >= 15 is 0 Å². The molecule has 160 valence electrons. The highest BCUT2D eigenvalue weighted by molar-refractivity contribution is 6.07. The number of H-pyrrole nitrogens is 1. The van der Waals surface area contributed by atoms with E-state index in [2.05, 4.69) is 21.9 Å². The molecule has 0 aliphatic carbocycles. The van der Waals surface area contributed by atoms with E-state index < -0.39 is 0 Å². The van der Waals surface area contributed by atoms with Crippen molar-refractivity contribution in [2.45, 2.75) is 6.42 Å². The maximum atomic E-state index is 12.6. The lowest BCUT2D eigenvalue weighted by Crippen LogP contribution is -2.14. The largest absolute Gasteiger partial charge is 0.508 e. The SMILES string of the molecule is C=C(O)c1ccccc1C(=O)Nc1ccc(CCOc2ccccc2-c2cnc[nH]2)cc1. The number of benzene rings is 3. The van der Waals surface area contributed by atoms with Crippen LogP contribution in [-0.2, 0) is 6.42 Å². The molecule has 0 saturated carbocycles. The van der Waals surface area contributed by atoms with Crippen LogP contribution in [0.25, 0.3) is 17.0 Å². The lowest BCUT2D eigenvalue weighted by molar-refractivity contribution is 0.102. The van der Waals surface area contributed by atoms with Crippen molar-refractivity contribution < 1.29 is 14.6 Å². The molecule has 0 spiro atoms. The number of aliphatic hydroxyl groups is 1. The lowest BCUT2D eigenvalue weighted by atomic mass is 10.1. The first kappa shape index (κ1) is 20.9. The van der Waals surface area contributed by atoms with Gasteiger partial charge in [-0.2, -0.15) is 0 Å². The van der Waals surface area contributed by atoms with E-state index in [1.807, 2.05) is 48.5 Å². The number of hydrogen-bond acceptors (Lipinski definition) is 4. The summed E-state index contributed by atoms with van der Waals surface area (Å²) in [6.07, 6.45) is 4.13. The quantitative estimate of drug-likeness (QED) is 0.326. The van der Waals surface area contributed by atoms with E-state index in [1.165, 1.54) is 0 Å². The molecular weight excluding hydrogens is 402 g/mol. The Labute approximate surface area is 186 Å². The Bertz CT molecular complexity index is 1220. The van der Waals surface area contributed by atoms with Crippen LogP contribution in [-0.4, -0.2) is 27.6 Å². The van der Waals surface area contributed by atoms with Gasteiger partial charge >= 0.3 is 0 Å². The average molecular weight is 425 g/mol. The molecule has 0 radical (unpaired) electrons. The molecule has 1 aromatic heterocycles. The van der Waals surface area contributed by atoms with Crippen molar-refractivity contribution in [2.24, 2.45) is 0 Å². The molecule has 4 aromatic rings. The van der Waals surface area contributed by atoms with E-state index in [4.69, 9.17) is 4.74 Å². The van der Waals surface area contributed by atoms with E-state index in [-0.39, 0.29) is 11.7 Å². The summed E-state index contributed by atoms with van der Waals surface area (Å²) in [5.74, 6) is 0.354. The smallest absolute Gasteiger partial charge is 0.256 e. The van der Waals surface area contributed by atoms with Gasteiger partial charge in [-0.25, -0.2) is 4.98 Å². The molecule has 0 atom stereocenters. The molecule has 0 aliphatic rings. The van der Waals surface area contributed by atoms with Gasteiger partial charge in [-0.15, -0.1) is 0 Å². The fourth-order valence-electron chi connectivity index (χ4n) is 3.38. The van der Waals surface area contributed by atoms with Gasteiger partial charge in [-0.3, -0.25) is 4.79 Å². The van der Waals surface area contributed by atoms with Gasteiger partial charge in [0.1, 0.15) is 11.5 Å². The van der Waals surface area contributed by atoms with Gasteiger partial charge in [0.2, 0.25) is 0 Å². The minimum atomic E-state index is -0.303. The molecule has 6 heteroatoms. The maximum absolute atomic E-state index is 12.6. The summed E-state index contributed by atoms with van der Waals surface area (Å²) in [4.78, 5) is 19.8. The highest BCUT2D eigenvalue weighted by Gasteiger charge is 2.13. The molecule has 4 rings (SSSR count). The molecule has 0 unspecified atom stereocenters. The molecule has 0 saturated heterocycles. The van der Waals surface area contributed by atoms with Gasteiger partial charge in [0, 0.05) is 23.2 Å². The zero-order valence-electron chi connectivity index (χ0n) is 17.4. The van der Waals surface area contributed by atoms with E-state index in [1.54, 1.807) is 36.8 Å². The van der Waals surface area contributed by atoms with Gasteiger partial charge in [0.15, 0.2) is 0 Å². The van der Waals surface area contributed by atoms with Crippen LogP contribution in [0.15, 0.2) is 91.9 Å². The van der Waals surface area contributed by atoms with Gasteiger partial charge in [-0.05, 0) is 35.9 Å². The van der Waals surface area contributed by atoms with Crippen LogP contribution in [0.2, 0.25) is 0 Å². The second-order valence-electron chi connectivity index (χ2n) is 7.20. The average Bonchev–Trinajstić information content (AvgIpc) is 3.35. The predicted molar refractivity (Wildman–Crippen MR) is 126 cm³/mol. The number of aliphatic hydroxyl groups excluding tert-OH is 1. The number of hydrogen-bond donors (Lipinski definition) is 3. The van der Waals surface area contributed by atoms with Crippen LogP contribution in [0, 0.1) is 0 Å². The monoisotopic (exact) mass is 425 g/mol. The van der Waals surface area contributed by atoms with E-state index in [0.29, 0.717) is 23.4 Å². The summed E-state index contributed by atoms with van der Waals surface area (Å²) in [5, 5.41) is 12.6.